The molecule has 0 spiro atoms. The van der Waals surface area contributed by atoms with Crippen LogP contribution in [-0.4, -0.2) is 22.0 Å². The van der Waals surface area contributed by atoms with Crippen molar-refractivity contribution in [3.63, 3.8) is 0 Å². The van der Waals surface area contributed by atoms with E-state index < -0.39 is 5.97 Å². The zero-order chi connectivity index (χ0) is 22.0. The number of hydrogen-bond donors (Lipinski definition) is 2. The Morgan fingerprint density at radius 1 is 1.00 bits per heavy atom. The van der Waals surface area contributed by atoms with Crippen LogP contribution in [0.3, 0.4) is 0 Å². The fourth-order valence-corrected chi connectivity index (χ4v) is 4.65. The molecule has 0 saturated carbocycles. The zero-order valence-corrected chi connectivity index (χ0v) is 19.9. The summed E-state index contributed by atoms with van der Waals surface area (Å²) >= 11 is 6.95. The van der Waals surface area contributed by atoms with Gasteiger partial charge in [0.15, 0.2) is 0 Å². The highest BCUT2D eigenvalue weighted by atomic mass is 79.9. The first kappa shape index (κ1) is 21.8. The second kappa shape index (κ2) is 9.40. The first-order chi connectivity index (χ1) is 14.9. The Morgan fingerprint density at radius 2 is 1.65 bits per heavy atom. The van der Waals surface area contributed by atoms with Crippen LogP contribution >= 0.6 is 31.9 Å². The molecule has 0 aromatic heterocycles. The summed E-state index contributed by atoms with van der Waals surface area (Å²) in [5.74, 6) is -1.19. The van der Waals surface area contributed by atoms with Crippen molar-refractivity contribution in [1.29, 1.82) is 0 Å². The molecule has 2 aromatic rings. The molecule has 1 amide bonds. The molecule has 2 N–H and O–H groups in total. The lowest BCUT2D eigenvalue weighted by molar-refractivity contribution is -0.142. The Hall–Kier alpha value is -2.38. The van der Waals surface area contributed by atoms with E-state index in [2.05, 4.69) is 55.5 Å². The SMILES string of the molecule is O=C(O)CCC(=O)N1NC2=C(CCC/C2=C\c2ccc(Br)cc2)[C@@H]1c1ccc(Br)cc1. The third-order valence-electron chi connectivity index (χ3n) is 5.57. The number of rotatable bonds is 5. The summed E-state index contributed by atoms with van der Waals surface area (Å²) in [5.41, 5.74) is 8.79. The average Bonchev–Trinajstić information content (AvgIpc) is 3.15. The van der Waals surface area contributed by atoms with Gasteiger partial charge in [-0.05, 0) is 71.9 Å². The van der Waals surface area contributed by atoms with Gasteiger partial charge in [-0.1, -0.05) is 56.1 Å². The van der Waals surface area contributed by atoms with Crippen LogP contribution in [0, 0.1) is 0 Å². The summed E-state index contributed by atoms with van der Waals surface area (Å²) in [6.45, 7) is 0. The van der Waals surface area contributed by atoms with Crippen LogP contribution in [0.25, 0.3) is 6.08 Å². The Kier molecular flexibility index (Phi) is 6.62. The van der Waals surface area contributed by atoms with Gasteiger partial charge < -0.3 is 5.11 Å². The molecule has 31 heavy (non-hydrogen) atoms. The average molecular weight is 546 g/mol. The number of nitrogens with zero attached hydrogens (tertiary/aromatic N) is 1. The van der Waals surface area contributed by atoms with Crippen LogP contribution in [0.5, 0.6) is 0 Å². The molecule has 0 fully saturated rings. The number of hydrazine groups is 1. The first-order valence-electron chi connectivity index (χ1n) is 10.2. The smallest absolute Gasteiger partial charge is 0.303 e. The summed E-state index contributed by atoms with van der Waals surface area (Å²) in [7, 11) is 0. The van der Waals surface area contributed by atoms with E-state index >= 15 is 0 Å². The monoisotopic (exact) mass is 544 g/mol. The van der Waals surface area contributed by atoms with E-state index in [1.165, 1.54) is 11.1 Å². The van der Waals surface area contributed by atoms with E-state index in [-0.39, 0.29) is 24.8 Å². The van der Waals surface area contributed by atoms with Crippen molar-refractivity contribution in [3.05, 3.63) is 85.4 Å². The predicted molar refractivity (Wildman–Crippen MR) is 127 cm³/mol. The fourth-order valence-electron chi connectivity index (χ4n) is 4.12. The molecular formula is C24H22Br2N2O3. The van der Waals surface area contributed by atoms with Crippen molar-refractivity contribution >= 4 is 49.8 Å². The van der Waals surface area contributed by atoms with Gasteiger partial charge in [0.25, 0.3) is 0 Å². The number of halogens is 2. The molecule has 0 radical (unpaired) electrons. The van der Waals surface area contributed by atoms with E-state index in [0.717, 1.165) is 45.0 Å². The lowest BCUT2D eigenvalue weighted by Gasteiger charge is -2.27. The molecule has 160 valence electrons. The second-order valence-corrected chi connectivity index (χ2v) is 9.53. The van der Waals surface area contributed by atoms with Gasteiger partial charge in [0.1, 0.15) is 6.04 Å². The van der Waals surface area contributed by atoms with Crippen LogP contribution in [0.15, 0.2) is 74.3 Å². The van der Waals surface area contributed by atoms with E-state index in [9.17, 15) is 9.59 Å². The van der Waals surface area contributed by atoms with Crippen LogP contribution < -0.4 is 5.43 Å². The largest absolute Gasteiger partial charge is 0.481 e. The fraction of sp³-hybridized carbons (Fsp3) is 0.250. The van der Waals surface area contributed by atoms with Gasteiger partial charge in [-0.25, -0.2) is 5.01 Å². The van der Waals surface area contributed by atoms with E-state index in [1.54, 1.807) is 5.01 Å². The maximum Gasteiger partial charge on any atom is 0.303 e. The molecule has 2 aliphatic rings. The molecule has 1 atom stereocenters. The number of nitrogens with one attached hydrogen (secondary N) is 1. The lowest BCUT2D eigenvalue weighted by atomic mass is 9.86. The van der Waals surface area contributed by atoms with Gasteiger partial charge in [-0.15, -0.1) is 0 Å². The van der Waals surface area contributed by atoms with E-state index in [0.29, 0.717) is 0 Å². The van der Waals surface area contributed by atoms with Gasteiger partial charge in [-0.2, -0.15) is 0 Å². The molecule has 0 bridgehead atoms. The Balaban J connectivity index is 1.71. The molecule has 1 heterocycles. The van der Waals surface area contributed by atoms with Crippen LogP contribution in [0.2, 0.25) is 0 Å². The third-order valence-corrected chi connectivity index (χ3v) is 6.63. The number of carboxylic acid groups (broad SMARTS) is 1. The van der Waals surface area contributed by atoms with Gasteiger partial charge in [0.05, 0.1) is 12.1 Å². The molecule has 0 unspecified atom stereocenters. The highest BCUT2D eigenvalue weighted by Crippen LogP contribution is 2.44. The van der Waals surface area contributed by atoms with Crippen LogP contribution in [0.4, 0.5) is 0 Å². The first-order valence-corrected chi connectivity index (χ1v) is 11.8. The number of amides is 1. The normalized spacial score (nSPS) is 19.4. The molecule has 1 aliphatic heterocycles. The molecule has 4 rings (SSSR count). The number of allylic oxidation sites excluding steroid dienone is 1. The Labute approximate surface area is 198 Å². The summed E-state index contributed by atoms with van der Waals surface area (Å²) in [5, 5.41) is 10.7. The minimum atomic E-state index is -0.971. The van der Waals surface area contributed by atoms with Gasteiger partial charge >= 0.3 is 5.97 Å². The van der Waals surface area contributed by atoms with Crippen molar-refractivity contribution in [3.8, 4) is 0 Å². The minimum Gasteiger partial charge on any atom is -0.481 e. The summed E-state index contributed by atoms with van der Waals surface area (Å²) in [6.07, 6.45) is 4.76. The van der Waals surface area contributed by atoms with Gasteiger partial charge in [0, 0.05) is 15.4 Å². The summed E-state index contributed by atoms with van der Waals surface area (Å²) < 4.78 is 2.00. The molecule has 5 nitrogen and oxygen atoms in total. The summed E-state index contributed by atoms with van der Waals surface area (Å²) in [4.78, 5) is 24.0. The predicted octanol–water partition coefficient (Wildman–Crippen LogP) is 5.99. The van der Waals surface area contributed by atoms with Crippen molar-refractivity contribution in [1.82, 2.24) is 10.4 Å². The van der Waals surface area contributed by atoms with Gasteiger partial charge in [-0.3, -0.25) is 15.0 Å². The second-order valence-electron chi connectivity index (χ2n) is 7.70. The lowest BCUT2D eigenvalue weighted by Crippen LogP contribution is -2.40. The molecule has 0 saturated heterocycles. The standard InChI is InChI=1S/C24H22Br2N2O3/c25-18-8-4-15(5-9-18)14-17-2-1-3-20-23(17)27-28(21(29)12-13-22(30)31)24(20)16-6-10-19(26)11-7-16/h4-11,14,24,27H,1-3,12-13H2,(H,30,31)/b17-14+/t24-/m0/s1. The number of carboxylic acids is 1. The van der Waals surface area contributed by atoms with E-state index in [1.807, 2.05) is 36.4 Å². The number of carbonyl (C=O) groups excluding carboxylic acids is 1. The highest BCUT2D eigenvalue weighted by Gasteiger charge is 2.39. The number of aliphatic carboxylic acids is 1. The molecular weight excluding hydrogens is 524 g/mol. The Bertz CT molecular complexity index is 1060. The van der Waals surface area contributed by atoms with Gasteiger partial charge in [0.2, 0.25) is 5.91 Å². The maximum absolute atomic E-state index is 13.0. The van der Waals surface area contributed by atoms with Crippen molar-refractivity contribution in [2.75, 3.05) is 0 Å². The minimum absolute atomic E-state index is 0.0400. The maximum atomic E-state index is 13.0. The third kappa shape index (κ3) is 4.93. The summed E-state index contributed by atoms with van der Waals surface area (Å²) in [6, 6.07) is 15.9. The van der Waals surface area contributed by atoms with Crippen molar-refractivity contribution in [2.45, 2.75) is 38.1 Å². The van der Waals surface area contributed by atoms with E-state index in [4.69, 9.17) is 5.11 Å². The Morgan fingerprint density at radius 3 is 2.29 bits per heavy atom. The number of hydrogen-bond acceptors (Lipinski definition) is 3. The zero-order valence-electron chi connectivity index (χ0n) is 16.8. The molecule has 1 aliphatic carbocycles. The molecule has 2 aromatic carbocycles. The van der Waals surface area contributed by atoms with Crippen LogP contribution in [0.1, 0.15) is 49.3 Å². The van der Waals surface area contributed by atoms with Crippen molar-refractivity contribution in [2.24, 2.45) is 0 Å². The highest BCUT2D eigenvalue weighted by molar-refractivity contribution is 9.10. The van der Waals surface area contributed by atoms with Crippen LogP contribution in [-0.2, 0) is 9.59 Å². The van der Waals surface area contributed by atoms with Crippen molar-refractivity contribution < 1.29 is 14.7 Å². The topological polar surface area (TPSA) is 69.6 Å². The number of carbonyl (C=O) groups is 2. The molecule has 7 heteroatoms. The quantitative estimate of drug-likeness (QED) is 0.484. The number of benzene rings is 2.